The molecule has 0 heterocycles. The van der Waals surface area contributed by atoms with Crippen LogP contribution in [0.15, 0.2) is 12.1 Å². The Balaban J connectivity index is 2.75. The van der Waals surface area contributed by atoms with E-state index < -0.39 is 76.7 Å². The summed E-state index contributed by atoms with van der Waals surface area (Å²) in [6.45, 7) is 0. The van der Waals surface area contributed by atoms with E-state index in [1.165, 1.54) is 0 Å². The monoisotopic (exact) mass is 410 g/mol. The minimum Gasteiger partial charge on any atom is -0.452 e. The Morgan fingerprint density at radius 1 is 0.586 bits per heavy atom. The SMILES string of the molecule is Nc1c(Oc2cc([N+](=O)[O-])c([N+](=O)[O-])c(N)c2N)cc([N+](=O)[O-])c([N+](=O)[O-])c1N. The maximum Gasteiger partial charge on any atom is 0.371 e. The van der Waals surface area contributed by atoms with Crippen molar-refractivity contribution in [1.29, 1.82) is 0 Å². The van der Waals surface area contributed by atoms with Crippen LogP contribution in [-0.4, -0.2) is 19.7 Å². The summed E-state index contributed by atoms with van der Waals surface area (Å²) in [5, 5.41) is 44.3. The molecule has 0 aliphatic carbocycles. The smallest absolute Gasteiger partial charge is 0.371 e. The van der Waals surface area contributed by atoms with Crippen LogP contribution in [0.3, 0.4) is 0 Å². The van der Waals surface area contributed by atoms with Gasteiger partial charge in [0, 0.05) is 0 Å². The first-order chi connectivity index (χ1) is 13.4. The van der Waals surface area contributed by atoms with Gasteiger partial charge in [-0.25, -0.2) is 0 Å². The van der Waals surface area contributed by atoms with E-state index in [-0.39, 0.29) is 0 Å². The van der Waals surface area contributed by atoms with Crippen molar-refractivity contribution in [3.8, 4) is 11.5 Å². The maximum absolute atomic E-state index is 11.1. The molecule has 0 atom stereocenters. The van der Waals surface area contributed by atoms with Gasteiger partial charge in [-0.15, -0.1) is 0 Å². The first kappa shape index (κ1) is 20.4. The van der Waals surface area contributed by atoms with Crippen molar-refractivity contribution in [3.63, 3.8) is 0 Å². The summed E-state index contributed by atoms with van der Waals surface area (Å²) in [5.41, 5.74) is 15.0. The van der Waals surface area contributed by atoms with E-state index in [4.69, 9.17) is 27.7 Å². The predicted octanol–water partition coefficient (Wildman–Crippen LogP) is 1.44. The lowest BCUT2D eigenvalue weighted by molar-refractivity contribution is -0.421. The maximum atomic E-state index is 11.1. The number of nitrogens with zero attached hydrogens (tertiary/aromatic N) is 4. The summed E-state index contributed by atoms with van der Waals surface area (Å²) < 4.78 is 5.19. The van der Waals surface area contributed by atoms with Crippen molar-refractivity contribution >= 4 is 45.5 Å². The topological polar surface area (TPSA) is 286 Å². The molecule has 0 amide bonds. The summed E-state index contributed by atoms with van der Waals surface area (Å²) in [6, 6.07) is 1.10. The molecule has 0 fully saturated rings. The summed E-state index contributed by atoms with van der Waals surface area (Å²) in [5.74, 6) is -1.23. The molecule has 0 aromatic heterocycles. The van der Waals surface area contributed by atoms with Crippen molar-refractivity contribution in [2.45, 2.75) is 0 Å². The summed E-state index contributed by atoms with van der Waals surface area (Å²) >= 11 is 0. The fourth-order valence-electron chi connectivity index (χ4n) is 2.29. The van der Waals surface area contributed by atoms with Crippen LogP contribution in [-0.2, 0) is 0 Å². The largest absolute Gasteiger partial charge is 0.452 e. The number of nitro groups is 4. The molecule has 2 aromatic rings. The zero-order valence-electron chi connectivity index (χ0n) is 13.9. The Hall–Kier alpha value is -4.96. The highest BCUT2D eigenvalue weighted by molar-refractivity contribution is 5.88. The van der Waals surface area contributed by atoms with Crippen molar-refractivity contribution in [1.82, 2.24) is 0 Å². The van der Waals surface area contributed by atoms with Crippen LogP contribution in [0.2, 0.25) is 0 Å². The second-order valence-electron chi connectivity index (χ2n) is 5.27. The molecule has 17 heteroatoms. The fourth-order valence-corrected chi connectivity index (χ4v) is 2.29. The van der Waals surface area contributed by atoms with Crippen molar-refractivity contribution in [3.05, 3.63) is 52.6 Å². The minimum atomic E-state index is -1.13. The van der Waals surface area contributed by atoms with E-state index >= 15 is 0 Å². The van der Waals surface area contributed by atoms with Crippen LogP contribution < -0.4 is 27.7 Å². The average Bonchev–Trinajstić information content (AvgIpc) is 2.60. The molecule has 0 bridgehead atoms. The molecular formula is C12H10N8O9. The number of hydrogen-bond acceptors (Lipinski definition) is 13. The van der Waals surface area contributed by atoms with Gasteiger partial charge in [-0.1, -0.05) is 0 Å². The van der Waals surface area contributed by atoms with Gasteiger partial charge in [-0.3, -0.25) is 40.5 Å². The Bertz CT molecular complexity index is 1010. The van der Waals surface area contributed by atoms with E-state index in [1.54, 1.807) is 0 Å². The number of hydrogen-bond donors (Lipinski definition) is 4. The van der Waals surface area contributed by atoms with Gasteiger partial charge in [0.2, 0.25) is 0 Å². The van der Waals surface area contributed by atoms with E-state index in [0.29, 0.717) is 12.1 Å². The molecule has 0 unspecified atom stereocenters. The first-order valence-corrected chi connectivity index (χ1v) is 7.07. The minimum absolute atomic E-state index is 0.548. The quantitative estimate of drug-likeness (QED) is 0.298. The van der Waals surface area contributed by atoms with Crippen LogP contribution >= 0.6 is 0 Å². The van der Waals surface area contributed by atoms with E-state index in [1.807, 2.05) is 0 Å². The number of benzene rings is 2. The third-order valence-electron chi connectivity index (χ3n) is 3.62. The zero-order chi connectivity index (χ0) is 22.2. The third kappa shape index (κ3) is 3.37. The van der Waals surface area contributed by atoms with Gasteiger partial charge < -0.3 is 27.7 Å². The lowest BCUT2D eigenvalue weighted by Crippen LogP contribution is -2.08. The van der Waals surface area contributed by atoms with Gasteiger partial charge in [0.25, 0.3) is 0 Å². The average molecular weight is 410 g/mol. The second kappa shape index (κ2) is 6.98. The molecule has 0 spiro atoms. The van der Waals surface area contributed by atoms with Gasteiger partial charge in [0.15, 0.2) is 11.5 Å². The van der Waals surface area contributed by atoms with E-state index in [0.717, 1.165) is 0 Å². The normalized spacial score (nSPS) is 10.3. The van der Waals surface area contributed by atoms with Gasteiger partial charge >= 0.3 is 22.7 Å². The Kier molecular flexibility index (Phi) is 4.90. The molecular weight excluding hydrogens is 400 g/mol. The standard InChI is InChI=1S/C12H10N8O9/c13-7-5(1-3(17(21)22)11(9(7)15)19(25)26)29-6-2-4(18(23)24)12(20(27)28)10(16)8(6)14/h1-2H,13-16H2. The Morgan fingerprint density at radius 3 is 1.14 bits per heavy atom. The van der Waals surface area contributed by atoms with E-state index in [2.05, 4.69) is 0 Å². The number of ether oxygens (including phenoxy) is 1. The molecule has 2 rings (SSSR count). The predicted molar refractivity (Wildman–Crippen MR) is 97.2 cm³/mol. The van der Waals surface area contributed by atoms with Gasteiger partial charge in [0.1, 0.15) is 22.7 Å². The van der Waals surface area contributed by atoms with Crippen LogP contribution in [0.4, 0.5) is 45.5 Å². The van der Waals surface area contributed by atoms with Crippen LogP contribution in [0, 0.1) is 40.5 Å². The zero-order valence-corrected chi connectivity index (χ0v) is 13.9. The molecule has 0 radical (unpaired) electrons. The highest BCUT2D eigenvalue weighted by atomic mass is 16.6. The van der Waals surface area contributed by atoms with E-state index in [9.17, 15) is 40.5 Å². The molecule has 0 saturated heterocycles. The Labute approximate surface area is 158 Å². The number of rotatable bonds is 6. The number of anilines is 4. The first-order valence-electron chi connectivity index (χ1n) is 7.07. The van der Waals surface area contributed by atoms with Gasteiger partial charge in [-0.05, 0) is 0 Å². The summed E-state index contributed by atoms with van der Waals surface area (Å²) in [6.07, 6.45) is 0. The Morgan fingerprint density at radius 2 is 0.897 bits per heavy atom. The highest BCUT2D eigenvalue weighted by Crippen LogP contribution is 2.48. The molecule has 0 aliphatic rings. The fraction of sp³-hybridized carbons (Fsp3) is 0. The molecule has 152 valence electrons. The van der Waals surface area contributed by atoms with Crippen molar-refractivity contribution < 1.29 is 24.4 Å². The lowest BCUT2D eigenvalue weighted by atomic mass is 10.1. The molecule has 17 nitrogen and oxygen atoms in total. The molecule has 29 heavy (non-hydrogen) atoms. The van der Waals surface area contributed by atoms with Crippen LogP contribution in [0.25, 0.3) is 0 Å². The number of nitrogens with two attached hydrogens (primary N) is 4. The third-order valence-corrected chi connectivity index (χ3v) is 3.62. The van der Waals surface area contributed by atoms with Crippen molar-refractivity contribution in [2.24, 2.45) is 0 Å². The van der Waals surface area contributed by atoms with Crippen molar-refractivity contribution in [2.75, 3.05) is 22.9 Å². The number of nitrogen functional groups attached to an aromatic ring is 4. The molecule has 8 N–H and O–H groups in total. The summed E-state index contributed by atoms with van der Waals surface area (Å²) in [4.78, 5) is 39.8. The lowest BCUT2D eigenvalue weighted by Gasteiger charge is -2.13. The molecule has 0 saturated carbocycles. The molecule has 0 aliphatic heterocycles. The number of nitro benzene ring substituents is 4. The van der Waals surface area contributed by atoms with Crippen LogP contribution in [0.1, 0.15) is 0 Å². The second-order valence-corrected chi connectivity index (χ2v) is 5.27. The summed E-state index contributed by atoms with van der Waals surface area (Å²) in [7, 11) is 0. The highest BCUT2D eigenvalue weighted by Gasteiger charge is 2.35. The van der Waals surface area contributed by atoms with Crippen LogP contribution in [0.5, 0.6) is 11.5 Å². The van der Waals surface area contributed by atoms with Gasteiger partial charge in [0.05, 0.1) is 31.8 Å². The molecule has 2 aromatic carbocycles. The van der Waals surface area contributed by atoms with Gasteiger partial charge in [-0.2, -0.15) is 0 Å².